The molecule has 0 radical (unpaired) electrons. The Balaban J connectivity index is 1.75. The van der Waals surface area contributed by atoms with Gasteiger partial charge in [0.15, 0.2) is 0 Å². The van der Waals surface area contributed by atoms with Crippen molar-refractivity contribution in [2.45, 2.75) is 31.7 Å². The highest BCUT2D eigenvalue weighted by molar-refractivity contribution is 5.75. The average Bonchev–Trinajstić information content (AvgIpc) is 2.74. The van der Waals surface area contributed by atoms with E-state index in [1.807, 2.05) is 0 Å². The number of nitrogens with one attached hydrogen (secondary N) is 1. The number of piperidine rings is 1. The zero-order valence-corrected chi connectivity index (χ0v) is 17.0. The van der Waals surface area contributed by atoms with Crippen molar-refractivity contribution in [2.24, 2.45) is 7.05 Å². The number of ether oxygens (including phenoxy) is 1. The molecule has 1 amide bonds. The van der Waals surface area contributed by atoms with Crippen LogP contribution in [-0.4, -0.2) is 46.5 Å². The molecular weight excluding hydrogens is 419 g/mol. The first-order valence-electron chi connectivity index (χ1n) is 9.58. The molecule has 0 atom stereocenters. The maximum atomic E-state index is 13.2. The summed E-state index contributed by atoms with van der Waals surface area (Å²) < 4.78 is 46.9. The van der Waals surface area contributed by atoms with E-state index in [2.05, 4.69) is 10.4 Å². The number of rotatable bonds is 5. The van der Waals surface area contributed by atoms with Crippen LogP contribution in [0.25, 0.3) is 0 Å². The van der Waals surface area contributed by atoms with Crippen molar-refractivity contribution in [2.75, 3.05) is 25.0 Å². The van der Waals surface area contributed by atoms with Crippen molar-refractivity contribution in [1.29, 1.82) is 0 Å². The normalized spacial score (nSPS) is 15.1. The molecule has 0 spiro atoms. The lowest BCUT2D eigenvalue weighted by Gasteiger charge is -2.33. The van der Waals surface area contributed by atoms with Gasteiger partial charge in [0.05, 0.1) is 5.56 Å². The summed E-state index contributed by atoms with van der Waals surface area (Å²) in [4.78, 5) is 38.0. The summed E-state index contributed by atoms with van der Waals surface area (Å²) in [6, 6.07) is 5.02. The molecule has 168 valence electrons. The highest BCUT2D eigenvalue weighted by Gasteiger charge is 2.35. The second kappa shape index (κ2) is 8.82. The number of amides is 1. The molecule has 2 aromatic rings. The van der Waals surface area contributed by atoms with Gasteiger partial charge in [-0.25, -0.2) is 9.48 Å². The lowest BCUT2D eigenvalue weighted by molar-refractivity contribution is -0.139. The number of carbonyl (C=O) groups is 1. The van der Waals surface area contributed by atoms with E-state index in [0.717, 1.165) is 15.3 Å². The van der Waals surface area contributed by atoms with Crippen molar-refractivity contribution in [3.63, 3.8) is 0 Å². The maximum absolute atomic E-state index is 13.2. The number of aromatic nitrogens is 3. The molecule has 1 aromatic heterocycles. The first-order chi connectivity index (χ1) is 14.6. The van der Waals surface area contributed by atoms with E-state index in [9.17, 15) is 27.6 Å². The fraction of sp³-hybridized carbons (Fsp3) is 0.474. The van der Waals surface area contributed by atoms with Crippen LogP contribution in [0.5, 0.6) is 5.75 Å². The third-order valence-corrected chi connectivity index (χ3v) is 5.02. The molecule has 1 aliphatic rings. The number of anilines is 1. The summed E-state index contributed by atoms with van der Waals surface area (Å²) in [5, 5.41) is 6.43. The standard InChI is InChI=1S/C19H22F3N5O4/c1-23-15(28)11-27-18(30)25(2)17(29)16(24-27)26-9-7-12(8-10-26)31-14-6-4-3-5-13(14)19(20,21)22/h3-6,12H,7-11H2,1-2H3,(H,23,28). The SMILES string of the molecule is CNC(=O)Cn1nc(N2CCC(Oc3ccccc3C(F)(F)F)CC2)c(=O)n(C)c1=O. The van der Waals surface area contributed by atoms with Crippen LogP contribution in [0.1, 0.15) is 18.4 Å². The van der Waals surface area contributed by atoms with E-state index in [0.29, 0.717) is 25.9 Å². The predicted octanol–water partition coefficient (Wildman–Crippen LogP) is 0.755. The highest BCUT2D eigenvalue weighted by Crippen LogP contribution is 2.37. The fourth-order valence-electron chi connectivity index (χ4n) is 3.30. The van der Waals surface area contributed by atoms with E-state index in [1.54, 1.807) is 4.90 Å². The minimum atomic E-state index is -4.52. The molecule has 0 bridgehead atoms. The maximum Gasteiger partial charge on any atom is 0.419 e. The molecule has 1 N–H and O–H groups in total. The Hall–Kier alpha value is -3.31. The first-order valence-corrected chi connectivity index (χ1v) is 9.58. The smallest absolute Gasteiger partial charge is 0.419 e. The summed E-state index contributed by atoms with van der Waals surface area (Å²) in [6.07, 6.45) is -4.29. The van der Waals surface area contributed by atoms with Crippen molar-refractivity contribution >= 4 is 11.7 Å². The van der Waals surface area contributed by atoms with E-state index in [4.69, 9.17) is 4.74 Å². The third kappa shape index (κ3) is 4.89. The molecule has 1 fully saturated rings. The predicted molar refractivity (Wildman–Crippen MR) is 105 cm³/mol. The fourth-order valence-corrected chi connectivity index (χ4v) is 3.30. The number of likely N-dealkylation sites (N-methyl/N-ethyl adjacent to an activating group) is 1. The summed E-state index contributed by atoms with van der Waals surface area (Å²) in [5.74, 6) is -0.684. The minimum Gasteiger partial charge on any atom is -0.490 e. The Bertz CT molecular complexity index is 1070. The van der Waals surface area contributed by atoms with Crippen molar-refractivity contribution in [3.05, 3.63) is 50.7 Å². The Morgan fingerprint density at radius 2 is 1.87 bits per heavy atom. The van der Waals surface area contributed by atoms with Gasteiger partial charge < -0.3 is 15.0 Å². The number of hydrogen-bond acceptors (Lipinski definition) is 6. The zero-order valence-electron chi connectivity index (χ0n) is 17.0. The largest absolute Gasteiger partial charge is 0.490 e. The van der Waals surface area contributed by atoms with Crippen molar-refractivity contribution in [3.8, 4) is 5.75 Å². The van der Waals surface area contributed by atoms with Crippen LogP contribution in [0.4, 0.5) is 19.0 Å². The van der Waals surface area contributed by atoms with E-state index in [-0.39, 0.29) is 18.1 Å². The molecule has 31 heavy (non-hydrogen) atoms. The van der Waals surface area contributed by atoms with Gasteiger partial charge >= 0.3 is 11.9 Å². The number of para-hydroxylation sites is 1. The van der Waals surface area contributed by atoms with Gasteiger partial charge in [0.25, 0.3) is 5.56 Å². The van der Waals surface area contributed by atoms with Crippen LogP contribution in [0, 0.1) is 0 Å². The number of halogens is 3. The molecule has 0 unspecified atom stereocenters. The molecule has 1 aliphatic heterocycles. The Morgan fingerprint density at radius 3 is 2.48 bits per heavy atom. The Morgan fingerprint density at radius 1 is 1.23 bits per heavy atom. The van der Waals surface area contributed by atoms with Crippen LogP contribution in [-0.2, 0) is 24.6 Å². The van der Waals surface area contributed by atoms with Crippen molar-refractivity contribution in [1.82, 2.24) is 19.7 Å². The minimum absolute atomic E-state index is 0.000134. The van der Waals surface area contributed by atoms with E-state index >= 15 is 0 Å². The van der Waals surface area contributed by atoms with Gasteiger partial charge in [-0.05, 0) is 12.1 Å². The van der Waals surface area contributed by atoms with Crippen LogP contribution in [0.3, 0.4) is 0 Å². The number of carbonyl (C=O) groups excluding carboxylic acids is 1. The summed E-state index contributed by atoms with van der Waals surface area (Å²) in [5.41, 5.74) is -2.17. The zero-order chi connectivity index (χ0) is 22.8. The summed E-state index contributed by atoms with van der Waals surface area (Å²) in [7, 11) is 2.71. The van der Waals surface area contributed by atoms with Gasteiger partial charge in [0.1, 0.15) is 18.4 Å². The molecule has 0 saturated carbocycles. The van der Waals surface area contributed by atoms with E-state index < -0.39 is 35.0 Å². The molecule has 2 heterocycles. The summed E-state index contributed by atoms with van der Waals surface area (Å²) in [6.45, 7) is 0.239. The molecule has 9 nitrogen and oxygen atoms in total. The second-order valence-corrected chi connectivity index (χ2v) is 7.10. The third-order valence-electron chi connectivity index (χ3n) is 5.02. The van der Waals surface area contributed by atoms with E-state index in [1.165, 1.54) is 32.3 Å². The molecule has 1 aromatic carbocycles. The lowest BCUT2D eigenvalue weighted by Crippen LogP contribution is -2.48. The quantitative estimate of drug-likeness (QED) is 0.736. The second-order valence-electron chi connectivity index (χ2n) is 7.10. The topological polar surface area (TPSA) is 98.5 Å². The monoisotopic (exact) mass is 441 g/mol. The van der Waals surface area contributed by atoms with Gasteiger partial charge in [-0.15, -0.1) is 5.10 Å². The highest BCUT2D eigenvalue weighted by atomic mass is 19.4. The number of benzene rings is 1. The lowest BCUT2D eigenvalue weighted by atomic mass is 10.1. The van der Waals surface area contributed by atoms with Gasteiger partial charge in [-0.3, -0.25) is 14.2 Å². The van der Waals surface area contributed by atoms with Gasteiger partial charge in [0, 0.05) is 40.0 Å². The van der Waals surface area contributed by atoms with Gasteiger partial charge in [0.2, 0.25) is 11.7 Å². The van der Waals surface area contributed by atoms with Crippen LogP contribution in [0.15, 0.2) is 33.9 Å². The first kappa shape index (κ1) is 22.4. The van der Waals surface area contributed by atoms with Gasteiger partial charge in [-0.2, -0.15) is 13.2 Å². The number of nitrogens with zero attached hydrogens (tertiary/aromatic N) is 4. The van der Waals surface area contributed by atoms with Crippen molar-refractivity contribution < 1.29 is 22.7 Å². The van der Waals surface area contributed by atoms with Crippen LogP contribution < -0.4 is 26.2 Å². The molecule has 1 saturated heterocycles. The number of alkyl halides is 3. The molecule has 12 heteroatoms. The van der Waals surface area contributed by atoms with Crippen LogP contribution in [0.2, 0.25) is 0 Å². The average molecular weight is 441 g/mol. The van der Waals surface area contributed by atoms with Gasteiger partial charge in [-0.1, -0.05) is 12.1 Å². The molecular formula is C19H22F3N5O4. The molecule has 3 rings (SSSR count). The molecule has 0 aliphatic carbocycles. The Kier molecular flexibility index (Phi) is 6.37. The van der Waals surface area contributed by atoms with Crippen LogP contribution >= 0.6 is 0 Å². The Labute approximate surface area is 175 Å². The number of hydrogen-bond donors (Lipinski definition) is 1. The summed E-state index contributed by atoms with van der Waals surface area (Å²) >= 11 is 0.